The van der Waals surface area contributed by atoms with Gasteiger partial charge in [0.25, 0.3) is 5.91 Å². The van der Waals surface area contributed by atoms with E-state index < -0.39 is 11.9 Å². The molecular formula is C11H7ClFN3O. The second-order valence-corrected chi connectivity index (χ2v) is 3.54. The lowest BCUT2D eigenvalue weighted by Gasteiger charge is -2.04. The zero-order valence-electron chi connectivity index (χ0n) is 8.52. The highest BCUT2D eigenvalue weighted by atomic mass is 35.5. The van der Waals surface area contributed by atoms with E-state index in [0.29, 0.717) is 5.02 Å². The van der Waals surface area contributed by atoms with Crippen LogP contribution in [0.4, 0.5) is 10.2 Å². The van der Waals surface area contributed by atoms with Crippen LogP contribution in [0, 0.1) is 5.95 Å². The van der Waals surface area contributed by atoms with Gasteiger partial charge in [0.2, 0.25) is 5.95 Å². The molecule has 0 aliphatic carbocycles. The normalized spacial score (nSPS) is 10.0. The minimum Gasteiger partial charge on any atom is -0.304 e. The minimum atomic E-state index is -0.718. The highest BCUT2D eigenvalue weighted by Gasteiger charge is 2.10. The lowest BCUT2D eigenvalue weighted by Crippen LogP contribution is -2.15. The summed E-state index contributed by atoms with van der Waals surface area (Å²) in [6.07, 6.45) is 1.49. The Morgan fingerprint density at radius 2 is 2.12 bits per heavy atom. The number of amides is 1. The lowest BCUT2D eigenvalue weighted by atomic mass is 10.3. The van der Waals surface area contributed by atoms with Crippen LogP contribution in [0.25, 0.3) is 0 Å². The molecule has 17 heavy (non-hydrogen) atoms. The van der Waals surface area contributed by atoms with Crippen molar-refractivity contribution in [2.75, 3.05) is 5.32 Å². The Labute approximate surface area is 101 Å². The maximum atomic E-state index is 12.8. The molecule has 0 spiro atoms. The summed E-state index contributed by atoms with van der Waals surface area (Å²) >= 11 is 5.82. The van der Waals surface area contributed by atoms with E-state index in [2.05, 4.69) is 15.3 Å². The van der Waals surface area contributed by atoms with Crippen LogP contribution >= 0.6 is 11.6 Å². The topological polar surface area (TPSA) is 54.9 Å². The molecule has 4 nitrogen and oxygen atoms in total. The number of nitrogens with one attached hydrogen (secondary N) is 1. The summed E-state index contributed by atoms with van der Waals surface area (Å²) in [5.41, 5.74) is -0.0354. The van der Waals surface area contributed by atoms with Crippen LogP contribution in [-0.4, -0.2) is 15.9 Å². The zero-order chi connectivity index (χ0) is 12.3. The first-order valence-electron chi connectivity index (χ1n) is 4.71. The number of anilines is 1. The maximum Gasteiger partial charge on any atom is 0.275 e. The van der Waals surface area contributed by atoms with Gasteiger partial charge in [0, 0.05) is 6.20 Å². The third-order valence-corrected chi connectivity index (χ3v) is 2.24. The lowest BCUT2D eigenvalue weighted by molar-refractivity contribution is 0.102. The van der Waals surface area contributed by atoms with Crippen LogP contribution < -0.4 is 5.32 Å². The van der Waals surface area contributed by atoms with E-state index in [1.807, 2.05) is 0 Å². The molecule has 0 saturated carbocycles. The summed E-state index contributed by atoms with van der Waals surface area (Å²) in [7, 11) is 0. The van der Waals surface area contributed by atoms with Gasteiger partial charge in [-0.3, -0.25) is 4.79 Å². The molecule has 2 aromatic rings. The standard InChI is InChI=1S/C11H7ClFN3O/c12-7-3-2-6-14-10(7)16-11(17)8-4-1-5-9(13)15-8/h1-6H,(H,14,16,17). The van der Waals surface area contributed by atoms with Crippen molar-refractivity contribution in [1.82, 2.24) is 9.97 Å². The van der Waals surface area contributed by atoms with Gasteiger partial charge in [-0.15, -0.1) is 0 Å². The van der Waals surface area contributed by atoms with E-state index in [0.717, 1.165) is 6.07 Å². The molecule has 0 unspecified atom stereocenters. The Balaban J connectivity index is 2.20. The van der Waals surface area contributed by atoms with E-state index in [9.17, 15) is 9.18 Å². The second-order valence-electron chi connectivity index (χ2n) is 3.13. The quantitative estimate of drug-likeness (QED) is 0.835. The summed E-state index contributed by atoms with van der Waals surface area (Å²) in [6.45, 7) is 0. The minimum absolute atomic E-state index is 0.0354. The van der Waals surface area contributed by atoms with E-state index in [1.54, 1.807) is 12.1 Å². The first-order chi connectivity index (χ1) is 8.16. The predicted octanol–water partition coefficient (Wildman–Crippen LogP) is 2.52. The van der Waals surface area contributed by atoms with Gasteiger partial charge in [-0.05, 0) is 24.3 Å². The number of nitrogens with zero attached hydrogens (tertiary/aromatic N) is 2. The van der Waals surface area contributed by atoms with E-state index in [4.69, 9.17) is 11.6 Å². The molecule has 0 fully saturated rings. The van der Waals surface area contributed by atoms with Crippen molar-refractivity contribution in [3.63, 3.8) is 0 Å². The average molecular weight is 252 g/mol. The molecule has 0 saturated heterocycles. The van der Waals surface area contributed by atoms with Gasteiger partial charge in [0.05, 0.1) is 5.02 Å². The van der Waals surface area contributed by atoms with Crippen molar-refractivity contribution in [1.29, 1.82) is 0 Å². The third kappa shape index (κ3) is 2.76. The van der Waals surface area contributed by atoms with Gasteiger partial charge >= 0.3 is 0 Å². The fourth-order valence-corrected chi connectivity index (χ4v) is 1.35. The second kappa shape index (κ2) is 4.88. The van der Waals surface area contributed by atoms with Crippen molar-refractivity contribution in [2.45, 2.75) is 0 Å². The molecule has 2 rings (SSSR count). The Bertz CT molecular complexity index is 562. The summed E-state index contributed by atoms with van der Waals surface area (Å²) in [6, 6.07) is 7.18. The fraction of sp³-hybridized carbons (Fsp3) is 0. The smallest absolute Gasteiger partial charge is 0.275 e. The van der Waals surface area contributed by atoms with Crippen molar-refractivity contribution < 1.29 is 9.18 Å². The Morgan fingerprint density at radius 1 is 1.29 bits per heavy atom. The van der Waals surface area contributed by atoms with Crippen LogP contribution in [0.2, 0.25) is 5.02 Å². The average Bonchev–Trinajstić information content (AvgIpc) is 2.32. The molecule has 0 radical (unpaired) electrons. The Morgan fingerprint density at radius 3 is 2.82 bits per heavy atom. The molecule has 2 aromatic heterocycles. The van der Waals surface area contributed by atoms with Gasteiger partial charge in [-0.1, -0.05) is 17.7 Å². The third-order valence-electron chi connectivity index (χ3n) is 1.94. The summed E-state index contributed by atoms with van der Waals surface area (Å²) in [5.74, 6) is -1.07. The van der Waals surface area contributed by atoms with Gasteiger partial charge < -0.3 is 5.32 Å². The van der Waals surface area contributed by atoms with Crippen molar-refractivity contribution in [2.24, 2.45) is 0 Å². The molecule has 6 heteroatoms. The maximum absolute atomic E-state index is 12.8. The molecule has 0 bridgehead atoms. The Kier molecular flexibility index (Phi) is 3.30. The molecular weight excluding hydrogens is 245 g/mol. The molecule has 0 aliphatic rings. The fourth-order valence-electron chi connectivity index (χ4n) is 1.18. The van der Waals surface area contributed by atoms with Gasteiger partial charge in [0.1, 0.15) is 5.69 Å². The van der Waals surface area contributed by atoms with Crippen molar-refractivity contribution in [3.8, 4) is 0 Å². The number of carbonyl (C=O) groups excluding carboxylic acids is 1. The highest BCUT2D eigenvalue weighted by Crippen LogP contribution is 2.17. The number of carbonyl (C=O) groups is 1. The van der Waals surface area contributed by atoms with Gasteiger partial charge in [-0.2, -0.15) is 4.39 Å². The molecule has 2 heterocycles. The van der Waals surface area contributed by atoms with Crippen LogP contribution in [0.1, 0.15) is 10.5 Å². The molecule has 0 aromatic carbocycles. The Hall–Kier alpha value is -2.01. The van der Waals surface area contributed by atoms with Crippen LogP contribution in [0.3, 0.4) is 0 Å². The summed E-state index contributed by atoms with van der Waals surface area (Å²) in [5, 5.41) is 2.75. The number of hydrogen-bond acceptors (Lipinski definition) is 3. The van der Waals surface area contributed by atoms with Crippen LogP contribution in [0.5, 0.6) is 0 Å². The zero-order valence-corrected chi connectivity index (χ0v) is 9.28. The number of aromatic nitrogens is 2. The first kappa shape index (κ1) is 11.5. The van der Waals surface area contributed by atoms with Crippen LogP contribution in [0.15, 0.2) is 36.5 Å². The molecule has 0 aliphatic heterocycles. The SMILES string of the molecule is O=C(Nc1ncccc1Cl)c1cccc(F)n1. The largest absolute Gasteiger partial charge is 0.304 e. The highest BCUT2D eigenvalue weighted by molar-refractivity contribution is 6.33. The van der Waals surface area contributed by atoms with Gasteiger partial charge in [0.15, 0.2) is 5.82 Å². The molecule has 1 amide bonds. The molecule has 1 N–H and O–H groups in total. The first-order valence-corrected chi connectivity index (χ1v) is 5.09. The van der Waals surface area contributed by atoms with E-state index >= 15 is 0 Å². The molecule has 86 valence electrons. The van der Waals surface area contributed by atoms with E-state index in [-0.39, 0.29) is 11.5 Å². The number of hydrogen-bond donors (Lipinski definition) is 1. The van der Waals surface area contributed by atoms with Gasteiger partial charge in [-0.25, -0.2) is 9.97 Å². The van der Waals surface area contributed by atoms with Crippen LogP contribution in [-0.2, 0) is 0 Å². The molecule has 0 atom stereocenters. The number of rotatable bonds is 2. The van der Waals surface area contributed by atoms with Crippen molar-refractivity contribution in [3.05, 3.63) is 53.2 Å². The summed E-state index contributed by atoms with van der Waals surface area (Å²) < 4.78 is 12.8. The number of halogens is 2. The van der Waals surface area contributed by atoms with E-state index in [1.165, 1.54) is 18.3 Å². The number of pyridine rings is 2. The van der Waals surface area contributed by atoms with Crippen molar-refractivity contribution >= 4 is 23.3 Å². The predicted molar refractivity (Wildman–Crippen MR) is 61.4 cm³/mol. The summed E-state index contributed by atoms with van der Waals surface area (Å²) in [4.78, 5) is 19.0. The monoisotopic (exact) mass is 251 g/mol.